The van der Waals surface area contributed by atoms with E-state index in [1.54, 1.807) is 30.3 Å². The molecule has 156 valence electrons. The van der Waals surface area contributed by atoms with Gasteiger partial charge in [0.05, 0.1) is 12.3 Å². The molecule has 3 aromatic rings. The van der Waals surface area contributed by atoms with E-state index in [2.05, 4.69) is 21.2 Å². The maximum Gasteiger partial charge on any atom is 0.270 e. The lowest BCUT2D eigenvalue weighted by Gasteiger charge is -2.29. The molecule has 1 saturated heterocycles. The number of ether oxygens (including phenoxy) is 1. The van der Waals surface area contributed by atoms with Crippen LogP contribution in [0.3, 0.4) is 0 Å². The number of aromatic nitrogens is 1. The Labute approximate surface area is 193 Å². The summed E-state index contributed by atoms with van der Waals surface area (Å²) in [5.74, 6) is -0.323. The van der Waals surface area contributed by atoms with Crippen molar-refractivity contribution >= 4 is 56.8 Å². The molecule has 0 unspecified atom stereocenters. The van der Waals surface area contributed by atoms with E-state index in [9.17, 15) is 9.59 Å². The summed E-state index contributed by atoms with van der Waals surface area (Å²) >= 11 is 8.69. The third-order valence-electron chi connectivity index (χ3n) is 4.68. The molecule has 0 radical (unpaired) electrons. The van der Waals surface area contributed by atoms with E-state index in [-0.39, 0.29) is 10.7 Å². The van der Waals surface area contributed by atoms with Gasteiger partial charge in [-0.05, 0) is 85.9 Å². The van der Waals surface area contributed by atoms with Crippen LogP contribution in [0.25, 0.3) is 11.8 Å². The minimum absolute atomic E-state index is 0.000420. The molecule has 2 aromatic carbocycles. The van der Waals surface area contributed by atoms with E-state index < -0.39 is 11.8 Å². The van der Waals surface area contributed by atoms with Crippen LogP contribution in [0.1, 0.15) is 12.6 Å². The van der Waals surface area contributed by atoms with E-state index in [0.29, 0.717) is 23.7 Å². The summed E-state index contributed by atoms with van der Waals surface area (Å²) in [6.07, 6.45) is 3.44. The number of benzene rings is 2. The standard InChI is InChI=1S/C23H18BrN3O3S/c1-2-30-19-11-9-17(10-12-19)27-22(29)20(21(28)25-23(27)31)14-18-4-3-13-26(18)16-7-5-15(24)6-8-16/h3-14H,2H2,1H3,(H,25,28,31)/b20-14+. The molecular formula is C23H18BrN3O3S. The van der Waals surface area contributed by atoms with Crippen molar-refractivity contribution in [2.75, 3.05) is 11.5 Å². The number of nitrogens with one attached hydrogen (secondary N) is 1. The second kappa shape index (κ2) is 8.87. The number of nitrogens with zero attached hydrogens (tertiary/aromatic N) is 2. The van der Waals surface area contributed by atoms with E-state index in [1.165, 1.54) is 4.90 Å². The predicted octanol–water partition coefficient (Wildman–Crippen LogP) is 4.47. The van der Waals surface area contributed by atoms with Gasteiger partial charge in [-0.25, -0.2) is 0 Å². The van der Waals surface area contributed by atoms with Gasteiger partial charge in [-0.3, -0.25) is 19.8 Å². The Balaban J connectivity index is 1.69. The lowest BCUT2D eigenvalue weighted by Crippen LogP contribution is -2.54. The number of hydrogen-bond donors (Lipinski definition) is 1. The maximum atomic E-state index is 13.2. The average molecular weight is 496 g/mol. The number of carbonyl (C=O) groups excluding carboxylic acids is 2. The van der Waals surface area contributed by atoms with Crippen LogP contribution in [0, 0.1) is 0 Å². The highest BCUT2D eigenvalue weighted by atomic mass is 79.9. The largest absolute Gasteiger partial charge is 0.494 e. The van der Waals surface area contributed by atoms with Gasteiger partial charge in [0.25, 0.3) is 11.8 Å². The Morgan fingerprint density at radius 3 is 2.39 bits per heavy atom. The van der Waals surface area contributed by atoms with Crippen molar-refractivity contribution in [1.82, 2.24) is 9.88 Å². The normalized spacial score (nSPS) is 15.4. The van der Waals surface area contributed by atoms with E-state index >= 15 is 0 Å². The molecule has 0 bridgehead atoms. The minimum atomic E-state index is -0.527. The smallest absolute Gasteiger partial charge is 0.270 e. The quantitative estimate of drug-likeness (QED) is 0.322. The highest BCUT2D eigenvalue weighted by molar-refractivity contribution is 9.10. The topological polar surface area (TPSA) is 63.6 Å². The number of amides is 2. The Kier molecular flexibility index (Phi) is 6.01. The predicted molar refractivity (Wildman–Crippen MR) is 127 cm³/mol. The van der Waals surface area contributed by atoms with Gasteiger partial charge in [0.2, 0.25) is 0 Å². The van der Waals surface area contributed by atoms with Gasteiger partial charge >= 0.3 is 0 Å². The summed E-state index contributed by atoms with van der Waals surface area (Å²) in [5, 5.41) is 2.65. The zero-order valence-electron chi connectivity index (χ0n) is 16.5. The summed E-state index contributed by atoms with van der Waals surface area (Å²) < 4.78 is 8.31. The SMILES string of the molecule is CCOc1ccc(N2C(=O)/C(=C/c3cccn3-c3ccc(Br)cc3)C(=O)NC2=S)cc1. The Morgan fingerprint density at radius 2 is 1.71 bits per heavy atom. The van der Waals surface area contributed by atoms with E-state index in [0.717, 1.165) is 10.2 Å². The van der Waals surface area contributed by atoms with Crippen molar-refractivity contribution in [2.45, 2.75) is 6.92 Å². The molecule has 8 heteroatoms. The first kappa shape index (κ1) is 21.0. The van der Waals surface area contributed by atoms with Gasteiger partial charge in [-0.15, -0.1) is 0 Å². The lowest BCUT2D eigenvalue weighted by molar-refractivity contribution is -0.122. The highest BCUT2D eigenvalue weighted by Gasteiger charge is 2.34. The fourth-order valence-electron chi connectivity index (χ4n) is 3.25. The molecule has 1 aromatic heterocycles. The molecule has 0 spiro atoms. The van der Waals surface area contributed by atoms with E-state index in [4.69, 9.17) is 17.0 Å². The highest BCUT2D eigenvalue weighted by Crippen LogP contribution is 2.25. The summed E-state index contributed by atoms with van der Waals surface area (Å²) in [4.78, 5) is 27.1. The van der Waals surface area contributed by atoms with Gasteiger partial charge in [0.1, 0.15) is 11.3 Å². The summed E-state index contributed by atoms with van der Waals surface area (Å²) in [7, 11) is 0. The van der Waals surface area contributed by atoms with Gasteiger partial charge in [0.15, 0.2) is 5.11 Å². The van der Waals surface area contributed by atoms with Crippen LogP contribution in [0.2, 0.25) is 0 Å². The first-order valence-electron chi connectivity index (χ1n) is 9.55. The molecule has 0 atom stereocenters. The van der Waals surface area contributed by atoms with Gasteiger partial charge in [-0.2, -0.15) is 0 Å². The number of carbonyl (C=O) groups is 2. The molecule has 2 amide bonds. The van der Waals surface area contributed by atoms with Gasteiger partial charge in [0, 0.05) is 22.1 Å². The second-order valence-electron chi connectivity index (χ2n) is 6.66. The molecule has 1 aliphatic rings. The molecular weight excluding hydrogens is 478 g/mol. The van der Waals surface area contributed by atoms with Crippen molar-refractivity contribution in [3.05, 3.63) is 82.6 Å². The van der Waals surface area contributed by atoms with E-state index in [1.807, 2.05) is 54.1 Å². The van der Waals surface area contributed by atoms with Crippen molar-refractivity contribution in [3.8, 4) is 11.4 Å². The Morgan fingerprint density at radius 1 is 1.03 bits per heavy atom. The number of rotatable bonds is 5. The Bertz CT molecular complexity index is 1180. The molecule has 0 aliphatic carbocycles. The third kappa shape index (κ3) is 4.30. The lowest BCUT2D eigenvalue weighted by atomic mass is 10.1. The summed E-state index contributed by atoms with van der Waals surface area (Å²) in [6, 6.07) is 18.4. The minimum Gasteiger partial charge on any atom is -0.494 e. The molecule has 4 rings (SSSR count). The van der Waals surface area contributed by atoms with Crippen LogP contribution in [0.5, 0.6) is 5.75 Å². The van der Waals surface area contributed by atoms with Crippen LogP contribution < -0.4 is 15.0 Å². The fraction of sp³-hybridized carbons (Fsp3) is 0.0870. The van der Waals surface area contributed by atoms with Crippen molar-refractivity contribution in [3.63, 3.8) is 0 Å². The molecule has 1 aliphatic heterocycles. The third-order valence-corrected chi connectivity index (χ3v) is 5.50. The molecule has 31 heavy (non-hydrogen) atoms. The first-order valence-corrected chi connectivity index (χ1v) is 10.8. The molecule has 1 N–H and O–H groups in total. The van der Waals surface area contributed by atoms with Crippen LogP contribution in [0.15, 0.2) is 76.9 Å². The van der Waals surface area contributed by atoms with Crippen molar-refractivity contribution in [2.24, 2.45) is 0 Å². The molecule has 0 saturated carbocycles. The Hall–Kier alpha value is -3.23. The zero-order chi connectivity index (χ0) is 22.0. The molecule has 1 fully saturated rings. The number of halogens is 1. The zero-order valence-corrected chi connectivity index (χ0v) is 18.9. The van der Waals surface area contributed by atoms with Crippen LogP contribution in [0.4, 0.5) is 5.69 Å². The van der Waals surface area contributed by atoms with Crippen LogP contribution in [-0.4, -0.2) is 28.1 Å². The second-order valence-corrected chi connectivity index (χ2v) is 7.97. The maximum absolute atomic E-state index is 13.2. The number of hydrogen-bond acceptors (Lipinski definition) is 4. The van der Waals surface area contributed by atoms with Gasteiger partial charge in [-0.1, -0.05) is 15.9 Å². The summed E-state index contributed by atoms with van der Waals surface area (Å²) in [6.45, 7) is 2.44. The van der Waals surface area contributed by atoms with Crippen molar-refractivity contribution < 1.29 is 14.3 Å². The number of anilines is 1. The van der Waals surface area contributed by atoms with Crippen molar-refractivity contribution in [1.29, 1.82) is 0 Å². The monoisotopic (exact) mass is 495 g/mol. The first-order chi connectivity index (χ1) is 15.0. The van der Waals surface area contributed by atoms with Crippen LogP contribution >= 0.6 is 28.1 Å². The van der Waals surface area contributed by atoms with Crippen LogP contribution in [-0.2, 0) is 9.59 Å². The average Bonchev–Trinajstić information content (AvgIpc) is 3.21. The van der Waals surface area contributed by atoms with Gasteiger partial charge < -0.3 is 9.30 Å². The number of thiocarbonyl (C=S) groups is 1. The summed E-state index contributed by atoms with van der Waals surface area (Å²) in [5.41, 5.74) is 2.15. The molecule has 2 heterocycles. The molecule has 6 nitrogen and oxygen atoms in total. The fourth-order valence-corrected chi connectivity index (χ4v) is 3.79.